The van der Waals surface area contributed by atoms with Gasteiger partial charge in [0.1, 0.15) is 21.2 Å². The first-order chi connectivity index (χ1) is 8.66. The van der Waals surface area contributed by atoms with Gasteiger partial charge in [0.05, 0.1) is 5.56 Å². The standard InChI is InChI=1S/C12H7IN2O3/c13-9-11(16)14-10(15-12(9)17)7-5-18-8-4-2-1-3-6(7)8/h1-5H,(H2,14,15,16,17). The number of benzene rings is 1. The van der Waals surface area contributed by atoms with E-state index in [-0.39, 0.29) is 15.0 Å². The molecule has 3 rings (SSSR count). The number of hydrogen-bond acceptors (Lipinski definition) is 4. The van der Waals surface area contributed by atoms with Crippen LogP contribution in [0.2, 0.25) is 0 Å². The molecule has 2 aromatic heterocycles. The molecule has 0 amide bonds. The molecule has 0 fully saturated rings. The molecule has 18 heavy (non-hydrogen) atoms. The molecule has 90 valence electrons. The van der Waals surface area contributed by atoms with Gasteiger partial charge in [0.25, 0.3) is 5.56 Å². The molecule has 1 aromatic carbocycles. The van der Waals surface area contributed by atoms with Crippen molar-refractivity contribution in [3.05, 3.63) is 44.5 Å². The Morgan fingerprint density at radius 1 is 1.33 bits per heavy atom. The monoisotopic (exact) mass is 354 g/mol. The molecule has 0 saturated carbocycles. The number of hydrogen-bond donors (Lipinski definition) is 2. The van der Waals surface area contributed by atoms with Crippen LogP contribution in [-0.2, 0) is 0 Å². The van der Waals surface area contributed by atoms with Crippen molar-refractivity contribution in [2.24, 2.45) is 0 Å². The van der Waals surface area contributed by atoms with Crippen LogP contribution in [0.3, 0.4) is 0 Å². The first-order valence-electron chi connectivity index (χ1n) is 5.12. The summed E-state index contributed by atoms with van der Waals surface area (Å²) in [6, 6.07) is 7.41. The number of halogens is 1. The number of nitrogens with one attached hydrogen (secondary N) is 1. The molecule has 0 aliphatic heterocycles. The van der Waals surface area contributed by atoms with Gasteiger partial charge in [0.15, 0.2) is 0 Å². The average Bonchev–Trinajstić information content (AvgIpc) is 2.79. The largest absolute Gasteiger partial charge is 0.492 e. The second-order valence-electron chi connectivity index (χ2n) is 3.70. The summed E-state index contributed by atoms with van der Waals surface area (Å²) in [4.78, 5) is 18.2. The molecular formula is C12H7IN2O3. The maximum Gasteiger partial charge on any atom is 0.268 e. The SMILES string of the molecule is O=c1[nH]c(-c2coc3ccccc23)nc(O)c1I. The molecule has 6 heteroatoms. The molecule has 3 aromatic rings. The number of H-pyrrole nitrogens is 1. The van der Waals surface area contributed by atoms with E-state index in [0.717, 1.165) is 5.39 Å². The number of rotatable bonds is 1. The minimum Gasteiger partial charge on any atom is -0.492 e. The Morgan fingerprint density at radius 3 is 2.89 bits per heavy atom. The summed E-state index contributed by atoms with van der Waals surface area (Å²) in [5.41, 5.74) is 0.978. The first kappa shape index (κ1) is 11.3. The molecule has 0 radical (unpaired) electrons. The molecule has 2 heterocycles. The maximum absolute atomic E-state index is 11.6. The molecule has 5 nitrogen and oxygen atoms in total. The third-order valence-electron chi connectivity index (χ3n) is 2.58. The topological polar surface area (TPSA) is 79.1 Å². The van der Waals surface area contributed by atoms with Crippen molar-refractivity contribution in [1.29, 1.82) is 0 Å². The Bertz CT molecular complexity index is 791. The Kier molecular flexibility index (Phi) is 2.58. The highest BCUT2D eigenvalue weighted by Crippen LogP contribution is 2.28. The number of furan rings is 1. The van der Waals surface area contributed by atoms with Gasteiger partial charge >= 0.3 is 0 Å². The number of aromatic hydroxyl groups is 1. The Hall–Kier alpha value is -1.83. The predicted molar refractivity (Wildman–Crippen MR) is 74.4 cm³/mol. The number of para-hydroxylation sites is 1. The predicted octanol–water partition coefficient (Wildman–Crippen LogP) is 2.49. The lowest BCUT2D eigenvalue weighted by Crippen LogP contribution is -2.12. The first-order valence-corrected chi connectivity index (χ1v) is 6.20. The van der Waals surface area contributed by atoms with Gasteiger partial charge in [-0.3, -0.25) is 4.79 Å². The number of aromatic nitrogens is 2. The van der Waals surface area contributed by atoms with Gasteiger partial charge < -0.3 is 14.5 Å². The lowest BCUT2D eigenvalue weighted by atomic mass is 10.1. The molecule has 0 bridgehead atoms. The minimum absolute atomic E-state index is 0.171. The van der Waals surface area contributed by atoms with Crippen molar-refractivity contribution >= 4 is 33.6 Å². The Labute approximate surface area is 115 Å². The fraction of sp³-hybridized carbons (Fsp3) is 0. The van der Waals surface area contributed by atoms with Crippen LogP contribution in [0.4, 0.5) is 0 Å². The number of nitrogens with zero attached hydrogens (tertiary/aromatic N) is 1. The van der Waals surface area contributed by atoms with Crippen LogP contribution in [-0.4, -0.2) is 15.1 Å². The molecule has 0 atom stereocenters. The zero-order chi connectivity index (χ0) is 12.7. The lowest BCUT2D eigenvalue weighted by molar-refractivity contribution is 0.447. The Morgan fingerprint density at radius 2 is 2.11 bits per heavy atom. The Balaban J connectivity index is 2.30. The van der Waals surface area contributed by atoms with E-state index in [1.54, 1.807) is 22.6 Å². The van der Waals surface area contributed by atoms with E-state index < -0.39 is 0 Å². The molecule has 0 spiro atoms. The van der Waals surface area contributed by atoms with E-state index >= 15 is 0 Å². The number of fused-ring (bicyclic) bond motifs is 1. The minimum atomic E-state index is -0.372. The second-order valence-corrected chi connectivity index (χ2v) is 4.78. The van der Waals surface area contributed by atoms with Gasteiger partial charge in [0.2, 0.25) is 5.88 Å². The van der Waals surface area contributed by atoms with Crippen LogP contribution in [0, 0.1) is 3.57 Å². The van der Waals surface area contributed by atoms with Crippen LogP contribution in [0.25, 0.3) is 22.4 Å². The van der Waals surface area contributed by atoms with Gasteiger partial charge in [-0.15, -0.1) is 0 Å². The quantitative estimate of drug-likeness (QED) is 0.658. The zero-order valence-corrected chi connectivity index (χ0v) is 11.1. The third kappa shape index (κ3) is 1.69. The maximum atomic E-state index is 11.6. The van der Waals surface area contributed by atoms with Crippen LogP contribution in [0.1, 0.15) is 0 Å². The molecule has 0 aliphatic carbocycles. The summed E-state index contributed by atoms with van der Waals surface area (Å²) >= 11 is 1.74. The highest BCUT2D eigenvalue weighted by atomic mass is 127. The van der Waals surface area contributed by atoms with Gasteiger partial charge in [-0.25, -0.2) is 0 Å². The van der Waals surface area contributed by atoms with Crippen molar-refractivity contribution in [2.75, 3.05) is 0 Å². The van der Waals surface area contributed by atoms with Crippen molar-refractivity contribution < 1.29 is 9.52 Å². The van der Waals surface area contributed by atoms with Gasteiger partial charge in [0, 0.05) is 5.39 Å². The summed E-state index contributed by atoms with van der Waals surface area (Å²) in [7, 11) is 0. The van der Waals surface area contributed by atoms with Crippen molar-refractivity contribution in [3.8, 4) is 17.3 Å². The van der Waals surface area contributed by atoms with Gasteiger partial charge in [-0.05, 0) is 28.7 Å². The highest BCUT2D eigenvalue weighted by molar-refractivity contribution is 14.1. The summed E-state index contributed by atoms with van der Waals surface area (Å²) in [6.07, 6.45) is 1.51. The second kappa shape index (κ2) is 4.13. The van der Waals surface area contributed by atoms with Crippen LogP contribution in [0.5, 0.6) is 5.88 Å². The summed E-state index contributed by atoms with van der Waals surface area (Å²) in [5, 5.41) is 10.4. The van der Waals surface area contributed by atoms with E-state index in [9.17, 15) is 9.90 Å². The smallest absolute Gasteiger partial charge is 0.268 e. The van der Waals surface area contributed by atoms with Crippen LogP contribution >= 0.6 is 22.6 Å². The van der Waals surface area contributed by atoms with Gasteiger partial charge in [-0.2, -0.15) is 4.98 Å². The summed E-state index contributed by atoms with van der Waals surface area (Å²) < 4.78 is 5.54. The summed E-state index contributed by atoms with van der Waals surface area (Å²) in [5.74, 6) is 0.0162. The van der Waals surface area contributed by atoms with E-state index in [0.29, 0.717) is 17.0 Å². The normalized spacial score (nSPS) is 10.9. The van der Waals surface area contributed by atoms with E-state index in [4.69, 9.17) is 4.42 Å². The van der Waals surface area contributed by atoms with E-state index in [1.165, 1.54) is 6.26 Å². The lowest BCUT2D eigenvalue weighted by Gasteiger charge is -2.00. The van der Waals surface area contributed by atoms with E-state index in [2.05, 4.69) is 9.97 Å². The fourth-order valence-corrected chi connectivity index (χ4v) is 1.99. The van der Waals surface area contributed by atoms with Gasteiger partial charge in [-0.1, -0.05) is 18.2 Å². The highest BCUT2D eigenvalue weighted by Gasteiger charge is 2.13. The van der Waals surface area contributed by atoms with Crippen molar-refractivity contribution in [1.82, 2.24) is 9.97 Å². The third-order valence-corrected chi connectivity index (χ3v) is 3.55. The number of aromatic amines is 1. The molecular weight excluding hydrogens is 347 g/mol. The fourth-order valence-electron chi connectivity index (χ4n) is 1.74. The van der Waals surface area contributed by atoms with Crippen LogP contribution in [0.15, 0.2) is 39.7 Å². The van der Waals surface area contributed by atoms with E-state index in [1.807, 2.05) is 24.3 Å². The van der Waals surface area contributed by atoms with Crippen LogP contribution < -0.4 is 5.56 Å². The molecule has 0 aliphatic rings. The van der Waals surface area contributed by atoms with Crippen molar-refractivity contribution in [2.45, 2.75) is 0 Å². The molecule has 0 unspecified atom stereocenters. The van der Waals surface area contributed by atoms with Crippen molar-refractivity contribution in [3.63, 3.8) is 0 Å². The molecule has 2 N–H and O–H groups in total. The summed E-state index contributed by atoms with van der Waals surface area (Å²) in [6.45, 7) is 0. The zero-order valence-electron chi connectivity index (χ0n) is 8.98. The molecule has 0 saturated heterocycles. The average molecular weight is 354 g/mol.